The van der Waals surface area contributed by atoms with Crippen LogP contribution < -0.4 is 10.1 Å². The number of nitrogens with zero attached hydrogens (tertiary/aromatic N) is 2. The Balaban J connectivity index is 2.21. The number of aromatic nitrogens is 1. The maximum atomic E-state index is 10.7. The van der Waals surface area contributed by atoms with Crippen molar-refractivity contribution in [3.63, 3.8) is 0 Å². The van der Waals surface area contributed by atoms with E-state index in [1.54, 1.807) is 7.05 Å². The Bertz CT molecular complexity index is 406. The Morgan fingerprint density at radius 3 is 2.88 bits per heavy atom. The Morgan fingerprint density at radius 2 is 2.38 bits per heavy atom. The van der Waals surface area contributed by atoms with E-state index in [2.05, 4.69) is 10.3 Å². The van der Waals surface area contributed by atoms with Gasteiger partial charge in [-0.2, -0.15) is 4.98 Å². The lowest BCUT2D eigenvalue weighted by Gasteiger charge is -2.26. The molecule has 0 aromatic carbocycles. The zero-order chi connectivity index (χ0) is 11.5. The Kier molecular flexibility index (Phi) is 2.86. The second-order valence-electron chi connectivity index (χ2n) is 3.33. The Hall–Kier alpha value is -1.89. The number of pyridine rings is 1. The lowest BCUT2D eigenvalue weighted by atomic mass is 10.3. The van der Waals surface area contributed by atoms with Gasteiger partial charge in [-0.25, -0.2) is 0 Å². The largest absolute Gasteiger partial charge is 0.469 e. The second-order valence-corrected chi connectivity index (χ2v) is 3.33. The molecule has 0 amide bonds. The van der Waals surface area contributed by atoms with E-state index in [4.69, 9.17) is 9.47 Å². The quantitative estimate of drug-likeness (QED) is 0.602. The summed E-state index contributed by atoms with van der Waals surface area (Å²) in [6, 6.07) is 2.66. The summed E-state index contributed by atoms with van der Waals surface area (Å²) in [4.78, 5) is 14.2. The first-order valence-electron chi connectivity index (χ1n) is 4.77. The highest BCUT2D eigenvalue weighted by molar-refractivity contribution is 5.47. The van der Waals surface area contributed by atoms with Crippen LogP contribution in [0.1, 0.15) is 0 Å². The van der Waals surface area contributed by atoms with Crippen LogP contribution >= 0.6 is 0 Å². The van der Waals surface area contributed by atoms with E-state index in [0.717, 1.165) is 0 Å². The molecule has 7 nitrogen and oxygen atoms in total. The van der Waals surface area contributed by atoms with E-state index in [1.165, 1.54) is 12.1 Å². The van der Waals surface area contributed by atoms with Gasteiger partial charge in [0.05, 0.1) is 30.3 Å². The van der Waals surface area contributed by atoms with E-state index in [9.17, 15) is 10.1 Å². The molecule has 16 heavy (non-hydrogen) atoms. The Labute approximate surface area is 91.5 Å². The third-order valence-corrected chi connectivity index (χ3v) is 2.15. The minimum absolute atomic E-state index is 0.0467. The zero-order valence-corrected chi connectivity index (χ0v) is 8.67. The van der Waals surface area contributed by atoms with Crippen molar-refractivity contribution in [1.29, 1.82) is 0 Å². The molecule has 86 valence electrons. The zero-order valence-electron chi connectivity index (χ0n) is 8.67. The highest BCUT2D eigenvalue weighted by atomic mass is 16.6. The molecule has 1 aromatic rings. The van der Waals surface area contributed by atoms with Crippen LogP contribution in [0.5, 0.6) is 5.88 Å². The molecule has 0 bridgehead atoms. The molecule has 2 rings (SSSR count). The van der Waals surface area contributed by atoms with E-state index >= 15 is 0 Å². The summed E-state index contributed by atoms with van der Waals surface area (Å²) in [5, 5.41) is 13.4. The van der Waals surface area contributed by atoms with Crippen molar-refractivity contribution in [3.8, 4) is 5.88 Å². The van der Waals surface area contributed by atoms with E-state index < -0.39 is 4.92 Å². The lowest BCUT2D eigenvalue weighted by Crippen LogP contribution is -2.38. The SMILES string of the molecule is CNc1cc([N+](=O)[O-])cc(OC2COC2)n1. The van der Waals surface area contributed by atoms with Crippen LogP contribution in [0.3, 0.4) is 0 Å². The molecule has 1 aliphatic heterocycles. The molecule has 0 aliphatic carbocycles. The van der Waals surface area contributed by atoms with Crippen molar-refractivity contribution in [2.45, 2.75) is 6.10 Å². The van der Waals surface area contributed by atoms with Gasteiger partial charge >= 0.3 is 0 Å². The second kappa shape index (κ2) is 4.31. The number of nitro groups is 1. The first-order chi connectivity index (χ1) is 7.69. The fraction of sp³-hybridized carbons (Fsp3) is 0.444. The molecule has 0 radical (unpaired) electrons. The first-order valence-corrected chi connectivity index (χ1v) is 4.77. The summed E-state index contributed by atoms with van der Waals surface area (Å²) in [5.74, 6) is 0.649. The molecule has 0 unspecified atom stereocenters. The van der Waals surface area contributed by atoms with Crippen LogP contribution in [0.2, 0.25) is 0 Å². The van der Waals surface area contributed by atoms with Gasteiger partial charge in [-0.1, -0.05) is 0 Å². The van der Waals surface area contributed by atoms with Crippen LogP contribution in [0, 0.1) is 10.1 Å². The van der Waals surface area contributed by atoms with Gasteiger partial charge in [0.15, 0.2) is 0 Å². The number of rotatable bonds is 4. The van der Waals surface area contributed by atoms with Crippen LogP contribution in [-0.2, 0) is 4.74 Å². The summed E-state index contributed by atoms with van der Waals surface area (Å²) in [6.45, 7) is 0.999. The van der Waals surface area contributed by atoms with Crippen molar-refractivity contribution >= 4 is 11.5 Å². The minimum Gasteiger partial charge on any atom is -0.469 e. The minimum atomic E-state index is -0.480. The van der Waals surface area contributed by atoms with Crippen LogP contribution in [0.4, 0.5) is 11.5 Å². The third-order valence-electron chi connectivity index (χ3n) is 2.15. The standard InChI is InChI=1S/C9H11N3O4/c1-10-8-2-6(12(13)14)3-9(11-8)16-7-4-15-5-7/h2-3,7H,4-5H2,1H3,(H,10,11). The van der Waals surface area contributed by atoms with Crippen LogP contribution in [-0.4, -0.2) is 36.3 Å². The average Bonchev–Trinajstić information content (AvgIpc) is 2.23. The number of nitrogens with one attached hydrogen (secondary N) is 1. The van der Waals surface area contributed by atoms with Crippen molar-refractivity contribution in [2.24, 2.45) is 0 Å². The lowest BCUT2D eigenvalue weighted by molar-refractivity contribution is -0.385. The number of hydrogen-bond acceptors (Lipinski definition) is 6. The van der Waals surface area contributed by atoms with Crippen molar-refractivity contribution < 1.29 is 14.4 Å². The maximum Gasteiger partial charge on any atom is 0.278 e. The number of hydrogen-bond donors (Lipinski definition) is 1. The van der Waals surface area contributed by atoms with Gasteiger partial charge in [0.1, 0.15) is 11.9 Å². The highest BCUT2D eigenvalue weighted by Gasteiger charge is 2.22. The smallest absolute Gasteiger partial charge is 0.278 e. The van der Waals surface area contributed by atoms with Crippen LogP contribution in [0.25, 0.3) is 0 Å². The summed E-state index contributed by atoms with van der Waals surface area (Å²) >= 11 is 0. The molecule has 7 heteroatoms. The highest BCUT2D eigenvalue weighted by Crippen LogP contribution is 2.23. The predicted octanol–water partition coefficient (Wildman–Crippen LogP) is 0.809. The molecule has 1 saturated heterocycles. The van der Waals surface area contributed by atoms with Gasteiger partial charge in [0.2, 0.25) is 5.88 Å². The maximum absolute atomic E-state index is 10.7. The molecule has 2 heterocycles. The topological polar surface area (TPSA) is 86.5 Å². The Morgan fingerprint density at radius 1 is 1.62 bits per heavy atom. The van der Waals surface area contributed by atoms with E-state index in [-0.39, 0.29) is 17.7 Å². The molecule has 1 fully saturated rings. The summed E-state index contributed by atoms with van der Waals surface area (Å²) in [5.41, 5.74) is -0.0467. The molecule has 1 aromatic heterocycles. The fourth-order valence-electron chi connectivity index (χ4n) is 1.24. The first kappa shape index (κ1) is 10.6. The van der Waals surface area contributed by atoms with Gasteiger partial charge < -0.3 is 14.8 Å². The normalized spacial score (nSPS) is 15.3. The van der Waals surface area contributed by atoms with Gasteiger partial charge in [-0.15, -0.1) is 0 Å². The van der Waals surface area contributed by atoms with Crippen molar-refractivity contribution in [1.82, 2.24) is 4.98 Å². The molecule has 0 spiro atoms. The molecule has 1 aliphatic rings. The molecular formula is C9H11N3O4. The average molecular weight is 225 g/mol. The van der Waals surface area contributed by atoms with Gasteiger partial charge in [0.25, 0.3) is 5.69 Å². The summed E-state index contributed by atoms with van der Waals surface area (Å²) in [6.07, 6.45) is -0.0563. The van der Waals surface area contributed by atoms with Crippen molar-refractivity contribution in [3.05, 3.63) is 22.2 Å². The van der Waals surface area contributed by atoms with E-state index in [0.29, 0.717) is 19.0 Å². The number of ether oxygens (including phenoxy) is 2. The van der Waals surface area contributed by atoms with Gasteiger partial charge in [0, 0.05) is 7.05 Å². The molecular weight excluding hydrogens is 214 g/mol. The predicted molar refractivity (Wildman–Crippen MR) is 55.7 cm³/mol. The number of anilines is 1. The summed E-state index contributed by atoms with van der Waals surface area (Å²) < 4.78 is 10.3. The van der Waals surface area contributed by atoms with Crippen molar-refractivity contribution in [2.75, 3.05) is 25.6 Å². The molecule has 0 atom stereocenters. The van der Waals surface area contributed by atoms with Crippen LogP contribution in [0.15, 0.2) is 12.1 Å². The summed E-state index contributed by atoms with van der Waals surface area (Å²) in [7, 11) is 1.64. The van der Waals surface area contributed by atoms with Gasteiger partial charge in [-0.3, -0.25) is 10.1 Å². The third kappa shape index (κ3) is 2.19. The van der Waals surface area contributed by atoms with Gasteiger partial charge in [-0.05, 0) is 0 Å². The molecule has 1 N–H and O–H groups in total. The van der Waals surface area contributed by atoms with E-state index in [1.807, 2.05) is 0 Å². The molecule has 0 saturated carbocycles. The fourth-order valence-corrected chi connectivity index (χ4v) is 1.24. The monoisotopic (exact) mass is 225 g/mol.